The lowest BCUT2D eigenvalue weighted by molar-refractivity contribution is -0.121. The molecule has 0 unspecified atom stereocenters. The fourth-order valence-corrected chi connectivity index (χ4v) is 0.681. The molecule has 0 spiro atoms. The van der Waals surface area contributed by atoms with Crippen LogP contribution in [0.4, 0.5) is 0 Å². The van der Waals surface area contributed by atoms with Gasteiger partial charge in [0, 0.05) is 19.6 Å². The maximum Gasteiger partial charge on any atom is 0.219 e. The number of hydrogen-bond acceptors (Lipinski definition) is 2. The van der Waals surface area contributed by atoms with Gasteiger partial charge in [0.15, 0.2) is 0 Å². The summed E-state index contributed by atoms with van der Waals surface area (Å²) < 4.78 is 0. The van der Waals surface area contributed by atoms with E-state index in [0.717, 1.165) is 12.8 Å². The van der Waals surface area contributed by atoms with E-state index in [1.54, 1.807) is 0 Å². The van der Waals surface area contributed by atoms with Crippen LogP contribution in [0.5, 0.6) is 0 Å². The summed E-state index contributed by atoms with van der Waals surface area (Å²) in [7, 11) is 0. The van der Waals surface area contributed by atoms with Crippen LogP contribution in [0.15, 0.2) is 0 Å². The average Bonchev–Trinajstić information content (AvgIpc) is 2.01. The molecule has 3 heteroatoms. The second-order valence-corrected chi connectivity index (χ2v) is 2.38. The van der Waals surface area contributed by atoms with Crippen LogP contribution in [0.3, 0.4) is 0 Å². The van der Waals surface area contributed by atoms with E-state index in [2.05, 4.69) is 12.2 Å². The number of amides is 1. The van der Waals surface area contributed by atoms with Crippen molar-refractivity contribution < 1.29 is 9.90 Å². The Labute approximate surface area is 67.8 Å². The molecule has 0 saturated heterocycles. The third kappa shape index (κ3) is 7.33. The van der Waals surface area contributed by atoms with Crippen molar-refractivity contribution in [2.75, 3.05) is 13.2 Å². The molecule has 0 bridgehead atoms. The minimum absolute atomic E-state index is 0.0575. The monoisotopic (exact) mass is 158 g/mol. The summed E-state index contributed by atoms with van der Waals surface area (Å²) in [5.41, 5.74) is 0. The van der Waals surface area contributed by atoms with E-state index in [1.807, 2.05) is 0 Å². The Hall–Kier alpha value is -0.570. The second-order valence-electron chi connectivity index (χ2n) is 2.38. The normalized spacial score (nSPS) is 9.64. The van der Waals surface area contributed by atoms with Gasteiger partial charge in [-0.1, -0.05) is 13.3 Å². The lowest BCUT2D eigenvalue weighted by Crippen LogP contribution is -2.24. The predicted molar refractivity (Wildman–Crippen MR) is 43.9 cm³/mol. The second kappa shape index (κ2) is 7.54. The summed E-state index contributed by atoms with van der Waals surface area (Å²) in [5.74, 6) is 0.0575. The molecule has 3 nitrogen and oxygen atoms in total. The molecule has 0 saturated carbocycles. The fourth-order valence-electron chi connectivity index (χ4n) is 0.681. The van der Waals surface area contributed by atoms with E-state index >= 15 is 0 Å². The highest BCUT2D eigenvalue weighted by molar-refractivity contribution is 5.75. The third-order valence-corrected chi connectivity index (χ3v) is 1.31. The van der Waals surface area contributed by atoms with Crippen LogP contribution in [0.25, 0.3) is 0 Å². The number of rotatable bonds is 6. The first-order valence-electron chi connectivity index (χ1n) is 3.98. The van der Waals surface area contributed by atoms with E-state index in [0.29, 0.717) is 19.4 Å². The van der Waals surface area contributed by atoms with Crippen molar-refractivity contribution in [1.29, 1.82) is 0 Å². The van der Waals surface area contributed by atoms with E-state index in [-0.39, 0.29) is 12.5 Å². The van der Waals surface area contributed by atoms with Gasteiger partial charge >= 0.3 is 0 Å². The predicted octanol–water partition coefficient (Wildman–Crippen LogP) is 0.489. The summed E-state index contributed by atoms with van der Waals surface area (Å²) in [6, 6.07) is 0. The van der Waals surface area contributed by atoms with Crippen molar-refractivity contribution >= 4 is 5.91 Å². The zero-order chi connectivity index (χ0) is 8.53. The van der Waals surface area contributed by atoms with Gasteiger partial charge in [-0.05, 0) is 12.8 Å². The van der Waals surface area contributed by atoms with Crippen molar-refractivity contribution in [1.82, 2.24) is 5.32 Å². The minimum atomic E-state index is 0.0575. The van der Waals surface area contributed by atoms with Crippen molar-refractivity contribution in [3.63, 3.8) is 0 Å². The molecular formula is C8H16NO2. The van der Waals surface area contributed by atoms with Crippen molar-refractivity contribution in [2.45, 2.75) is 25.7 Å². The van der Waals surface area contributed by atoms with E-state index in [4.69, 9.17) is 5.11 Å². The summed E-state index contributed by atoms with van der Waals surface area (Å²) in [6.45, 7) is 4.34. The van der Waals surface area contributed by atoms with Crippen LogP contribution in [-0.4, -0.2) is 24.2 Å². The Kier molecular flexibility index (Phi) is 7.15. The van der Waals surface area contributed by atoms with Crippen LogP contribution >= 0.6 is 0 Å². The lowest BCUT2D eigenvalue weighted by atomic mass is 10.2. The van der Waals surface area contributed by atoms with Gasteiger partial charge in [-0.15, -0.1) is 0 Å². The van der Waals surface area contributed by atoms with Crippen molar-refractivity contribution in [3.8, 4) is 0 Å². The van der Waals surface area contributed by atoms with Crippen LogP contribution in [0, 0.1) is 6.92 Å². The van der Waals surface area contributed by atoms with Gasteiger partial charge < -0.3 is 10.4 Å². The van der Waals surface area contributed by atoms with Gasteiger partial charge in [0.1, 0.15) is 0 Å². The Morgan fingerprint density at radius 1 is 1.45 bits per heavy atom. The van der Waals surface area contributed by atoms with Gasteiger partial charge in [-0.2, -0.15) is 0 Å². The topological polar surface area (TPSA) is 49.3 Å². The minimum Gasteiger partial charge on any atom is -0.396 e. The number of aliphatic hydroxyl groups excluding tert-OH is 1. The van der Waals surface area contributed by atoms with Crippen LogP contribution in [0.1, 0.15) is 25.7 Å². The molecule has 2 N–H and O–H groups in total. The van der Waals surface area contributed by atoms with E-state index in [1.165, 1.54) is 0 Å². The molecule has 0 aromatic carbocycles. The smallest absolute Gasteiger partial charge is 0.219 e. The standard InChI is InChI=1S/C8H16NO2/c1-2-3-5-8(11)9-6-4-7-10/h10H,1-7H2,(H,9,11). The molecule has 0 aliphatic rings. The summed E-state index contributed by atoms with van der Waals surface area (Å²) in [4.78, 5) is 10.9. The van der Waals surface area contributed by atoms with Crippen molar-refractivity contribution in [3.05, 3.63) is 6.92 Å². The molecule has 0 aliphatic carbocycles. The fraction of sp³-hybridized carbons (Fsp3) is 0.750. The number of carbonyl (C=O) groups excluding carboxylic acids is 1. The highest BCUT2D eigenvalue weighted by atomic mass is 16.3. The molecule has 0 aromatic heterocycles. The molecule has 11 heavy (non-hydrogen) atoms. The largest absolute Gasteiger partial charge is 0.396 e. The first-order chi connectivity index (χ1) is 5.31. The quantitative estimate of drug-likeness (QED) is 0.553. The van der Waals surface area contributed by atoms with Crippen LogP contribution in [-0.2, 0) is 4.79 Å². The number of aliphatic hydroxyl groups is 1. The molecule has 0 aliphatic heterocycles. The van der Waals surface area contributed by atoms with Crippen LogP contribution in [0.2, 0.25) is 0 Å². The SMILES string of the molecule is [CH2]CCCC(=O)NCCCO. The number of carbonyl (C=O) groups is 1. The molecule has 0 atom stereocenters. The highest BCUT2D eigenvalue weighted by Gasteiger charge is 1.97. The van der Waals surface area contributed by atoms with Gasteiger partial charge in [0.25, 0.3) is 0 Å². The molecule has 65 valence electrons. The first-order valence-corrected chi connectivity index (χ1v) is 3.98. The Morgan fingerprint density at radius 2 is 2.18 bits per heavy atom. The Morgan fingerprint density at radius 3 is 2.73 bits per heavy atom. The molecule has 0 fully saturated rings. The van der Waals surface area contributed by atoms with Gasteiger partial charge in [-0.25, -0.2) is 0 Å². The van der Waals surface area contributed by atoms with Gasteiger partial charge in [0.05, 0.1) is 0 Å². The summed E-state index contributed by atoms with van der Waals surface area (Å²) in [5, 5.41) is 11.1. The third-order valence-electron chi connectivity index (χ3n) is 1.31. The lowest BCUT2D eigenvalue weighted by Gasteiger charge is -2.01. The van der Waals surface area contributed by atoms with Gasteiger partial charge in [-0.3, -0.25) is 4.79 Å². The number of unbranched alkanes of at least 4 members (excludes halogenated alkanes) is 1. The summed E-state index contributed by atoms with van der Waals surface area (Å²) in [6.07, 6.45) is 2.82. The Balaban J connectivity index is 3.09. The zero-order valence-corrected chi connectivity index (χ0v) is 6.81. The van der Waals surface area contributed by atoms with E-state index < -0.39 is 0 Å². The number of hydrogen-bond donors (Lipinski definition) is 2. The molecule has 1 radical (unpaired) electrons. The maximum atomic E-state index is 10.9. The summed E-state index contributed by atoms with van der Waals surface area (Å²) >= 11 is 0. The Bertz CT molecular complexity index is 104. The maximum absolute atomic E-state index is 10.9. The molecular weight excluding hydrogens is 142 g/mol. The first kappa shape index (κ1) is 10.4. The van der Waals surface area contributed by atoms with Crippen molar-refractivity contribution in [2.24, 2.45) is 0 Å². The number of nitrogens with one attached hydrogen (secondary N) is 1. The highest BCUT2D eigenvalue weighted by Crippen LogP contribution is 1.92. The van der Waals surface area contributed by atoms with Crippen LogP contribution < -0.4 is 5.32 Å². The average molecular weight is 158 g/mol. The zero-order valence-electron chi connectivity index (χ0n) is 6.81. The molecule has 1 amide bonds. The molecule has 0 rings (SSSR count). The van der Waals surface area contributed by atoms with E-state index in [9.17, 15) is 4.79 Å². The van der Waals surface area contributed by atoms with Gasteiger partial charge in [0.2, 0.25) is 5.91 Å². The molecule has 0 aromatic rings. The molecule has 0 heterocycles.